The number of nitrogens with zero attached hydrogens (tertiary/aromatic N) is 3. The van der Waals surface area contributed by atoms with Crippen LogP contribution in [0.25, 0.3) is 10.6 Å². The topological polar surface area (TPSA) is 94.1 Å². The Bertz CT molecular complexity index is 876. The highest BCUT2D eigenvalue weighted by Gasteiger charge is 2.15. The Morgan fingerprint density at radius 3 is 2.88 bits per heavy atom. The van der Waals surface area contributed by atoms with Gasteiger partial charge < -0.3 is 4.74 Å². The maximum Gasteiger partial charge on any atom is 0.311 e. The van der Waals surface area contributed by atoms with E-state index in [1.165, 1.54) is 22.7 Å². The highest BCUT2D eigenvalue weighted by molar-refractivity contribution is 7.14. The number of hydrogen-bond donors (Lipinski definition) is 1. The number of anilines is 1. The molecule has 3 rings (SSSR count). The first-order chi connectivity index (χ1) is 12.2. The number of aromatic nitrogens is 3. The third kappa shape index (κ3) is 4.46. The predicted molar refractivity (Wildman–Crippen MR) is 95.7 cm³/mol. The Balaban J connectivity index is 1.64. The van der Waals surface area contributed by atoms with Crippen LogP contribution in [0, 0.1) is 0 Å². The first-order valence-electron chi connectivity index (χ1n) is 7.43. The van der Waals surface area contributed by atoms with Crippen LogP contribution in [0.5, 0.6) is 0 Å². The summed E-state index contributed by atoms with van der Waals surface area (Å²) in [4.78, 5) is 36.3. The van der Waals surface area contributed by atoms with Crippen molar-refractivity contribution in [3.05, 3.63) is 46.7 Å². The second kappa shape index (κ2) is 7.95. The van der Waals surface area contributed by atoms with Crippen LogP contribution in [0.4, 0.5) is 5.13 Å². The quantitative estimate of drug-likeness (QED) is 0.667. The van der Waals surface area contributed by atoms with Crippen LogP contribution in [0.3, 0.4) is 0 Å². The molecule has 1 amide bonds. The molecular formula is C16H14N4O3S2. The Hall–Kier alpha value is -2.65. The molecule has 0 atom stereocenters. The fourth-order valence-electron chi connectivity index (χ4n) is 1.97. The van der Waals surface area contributed by atoms with E-state index >= 15 is 0 Å². The number of esters is 1. The van der Waals surface area contributed by atoms with E-state index in [2.05, 4.69) is 20.3 Å². The van der Waals surface area contributed by atoms with Gasteiger partial charge in [-0.15, -0.1) is 22.7 Å². The molecule has 0 saturated carbocycles. The first-order valence-corrected chi connectivity index (χ1v) is 9.19. The van der Waals surface area contributed by atoms with E-state index in [-0.39, 0.29) is 18.3 Å². The van der Waals surface area contributed by atoms with Crippen LogP contribution < -0.4 is 5.32 Å². The van der Waals surface area contributed by atoms with E-state index in [1.54, 1.807) is 30.1 Å². The van der Waals surface area contributed by atoms with Gasteiger partial charge in [0.15, 0.2) is 5.13 Å². The number of ether oxygens (including phenoxy) is 1. The van der Waals surface area contributed by atoms with Crippen molar-refractivity contribution in [2.45, 2.75) is 13.3 Å². The molecule has 0 spiro atoms. The van der Waals surface area contributed by atoms with Gasteiger partial charge in [-0.25, -0.2) is 9.97 Å². The van der Waals surface area contributed by atoms with Crippen LogP contribution in [-0.2, 0) is 16.0 Å². The molecule has 0 saturated heterocycles. The maximum atomic E-state index is 12.3. The molecule has 0 fully saturated rings. The molecule has 9 heteroatoms. The lowest BCUT2D eigenvalue weighted by atomic mass is 10.3. The number of carbonyl (C=O) groups is 2. The summed E-state index contributed by atoms with van der Waals surface area (Å²) < 4.78 is 4.87. The standard InChI is InChI=1S/C16H14N4O3S2/c1-2-23-13(21)6-11-8-25-16(18-11)20-14(22)12-9-24-15(19-12)10-4-3-5-17-7-10/h3-5,7-9H,2,6H2,1H3,(H,18,20,22). The maximum absolute atomic E-state index is 12.3. The van der Waals surface area contributed by atoms with Crippen molar-refractivity contribution in [2.24, 2.45) is 0 Å². The molecule has 0 aliphatic heterocycles. The van der Waals surface area contributed by atoms with E-state index in [9.17, 15) is 9.59 Å². The number of pyridine rings is 1. The van der Waals surface area contributed by atoms with Crippen LogP contribution >= 0.6 is 22.7 Å². The number of rotatable bonds is 6. The van der Waals surface area contributed by atoms with Gasteiger partial charge in [0.2, 0.25) is 0 Å². The Kier molecular flexibility index (Phi) is 5.46. The zero-order valence-corrected chi connectivity index (χ0v) is 14.9. The molecule has 0 bridgehead atoms. The van der Waals surface area contributed by atoms with E-state index in [0.717, 1.165) is 10.6 Å². The predicted octanol–water partition coefficient (Wildman–Crippen LogP) is 3.02. The average molecular weight is 374 g/mol. The Morgan fingerprint density at radius 2 is 2.12 bits per heavy atom. The molecule has 3 aromatic heterocycles. The summed E-state index contributed by atoms with van der Waals surface area (Å²) in [7, 11) is 0. The molecular weight excluding hydrogens is 360 g/mol. The minimum absolute atomic E-state index is 0.0854. The minimum Gasteiger partial charge on any atom is -0.466 e. The van der Waals surface area contributed by atoms with Gasteiger partial charge in [0.1, 0.15) is 10.7 Å². The molecule has 128 valence electrons. The zero-order chi connectivity index (χ0) is 17.6. The van der Waals surface area contributed by atoms with Crippen molar-refractivity contribution >= 4 is 39.7 Å². The van der Waals surface area contributed by atoms with E-state index in [1.807, 2.05) is 12.1 Å². The Morgan fingerprint density at radius 1 is 1.24 bits per heavy atom. The summed E-state index contributed by atoms with van der Waals surface area (Å²) >= 11 is 2.62. The third-order valence-corrected chi connectivity index (χ3v) is 4.75. The van der Waals surface area contributed by atoms with Gasteiger partial charge in [-0.2, -0.15) is 0 Å². The summed E-state index contributed by atoms with van der Waals surface area (Å²) in [5, 5.41) is 7.24. The molecule has 1 N–H and O–H groups in total. The fourth-order valence-corrected chi connectivity index (χ4v) is 3.46. The first kappa shape index (κ1) is 17.2. The van der Waals surface area contributed by atoms with Crippen LogP contribution in [0.15, 0.2) is 35.3 Å². The van der Waals surface area contributed by atoms with Gasteiger partial charge in [-0.1, -0.05) is 0 Å². The lowest BCUT2D eigenvalue weighted by Crippen LogP contribution is -2.12. The monoisotopic (exact) mass is 374 g/mol. The number of hydrogen-bond acceptors (Lipinski definition) is 8. The molecule has 3 aromatic rings. The molecule has 3 heterocycles. The highest BCUT2D eigenvalue weighted by Crippen LogP contribution is 2.23. The number of nitrogens with one attached hydrogen (secondary N) is 1. The van der Waals surface area contributed by atoms with Crippen LogP contribution in [0.1, 0.15) is 23.1 Å². The summed E-state index contributed by atoms with van der Waals surface area (Å²) in [5.74, 6) is -0.685. The van der Waals surface area contributed by atoms with Crippen molar-refractivity contribution in [3.63, 3.8) is 0 Å². The van der Waals surface area contributed by atoms with Gasteiger partial charge in [-0.3, -0.25) is 19.9 Å². The van der Waals surface area contributed by atoms with Crippen molar-refractivity contribution in [1.29, 1.82) is 0 Å². The average Bonchev–Trinajstić information content (AvgIpc) is 3.25. The van der Waals surface area contributed by atoms with Gasteiger partial charge >= 0.3 is 5.97 Å². The van der Waals surface area contributed by atoms with E-state index in [0.29, 0.717) is 23.1 Å². The SMILES string of the molecule is CCOC(=O)Cc1csc(NC(=O)c2csc(-c3cccnc3)n2)n1. The van der Waals surface area contributed by atoms with Crippen LogP contribution in [-0.4, -0.2) is 33.4 Å². The summed E-state index contributed by atoms with van der Waals surface area (Å²) in [6.45, 7) is 2.08. The molecule has 0 aromatic carbocycles. The van der Waals surface area contributed by atoms with Gasteiger partial charge in [0.25, 0.3) is 5.91 Å². The van der Waals surface area contributed by atoms with Crippen molar-refractivity contribution < 1.29 is 14.3 Å². The lowest BCUT2D eigenvalue weighted by molar-refractivity contribution is -0.142. The summed E-state index contributed by atoms with van der Waals surface area (Å²) in [6, 6.07) is 3.70. The number of amides is 1. The number of carbonyl (C=O) groups excluding carboxylic acids is 2. The lowest BCUT2D eigenvalue weighted by Gasteiger charge is -1.99. The summed E-state index contributed by atoms with van der Waals surface area (Å²) in [5.41, 5.74) is 1.73. The molecule has 0 unspecified atom stereocenters. The van der Waals surface area contributed by atoms with Gasteiger partial charge in [0.05, 0.1) is 18.7 Å². The molecule has 0 radical (unpaired) electrons. The summed E-state index contributed by atoms with van der Waals surface area (Å²) in [6.07, 6.45) is 3.46. The molecule has 0 aliphatic rings. The molecule has 0 aliphatic carbocycles. The third-order valence-electron chi connectivity index (χ3n) is 3.05. The van der Waals surface area contributed by atoms with E-state index in [4.69, 9.17) is 4.74 Å². The normalized spacial score (nSPS) is 10.4. The van der Waals surface area contributed by atoms with Crippen molar-refractivity contribution in [2.75, 3.05) is 11.9 Å². The Labute approximate surface area is 151 Å². The highest BCUT2D eigenvalue weighted by atomic mass is 32.1. The number of thiazole rings is 2. The zero-order valence-electron chi connectivity index (χ0n) is 13.3. The van der Waals surface area contributed by atoms with Crippen molar-refractivity contribution in [1.82, 2.24) is 15.0 Å². The van der Waals surface area contributed by atoms with Crippen LogP contribution in [0.2, 0.25) is 0 Å². The second-order valence-electron chi connectivity index (χ2n) is 4.86. The van der Waals surface area contributed by atoms with E-state index < -0.39 is 0 Å². The molecule has 7 nitrogen and oxygen atoms in total. The molecule has 25 heavy (non-hydrogen) atoms. The fraction of sp³-hybridized carbons (Fsp3) is 0.188. The van der Waals surface area contributed by atoms with Gasteiger partial charge in [-0.05, 0) is 19.1 Å². The van der Waals surface area contributed by atoms with Gasteiger partial charge in [0, 0.05) is 28.7 Å². The van der Waals surface area contributed by atoms with Crippen molar-refractivity contribution in [3.8, 4) is 10.6 Å². The smallest absolute Gasteiger partial charge is 0.311 e. The largest absolute Gasteiger partial charge is 0.466 e. The second-order valence-corrected chi connectivity index (χ2v) is 6.58. The minimum atomic E-state index is -0.344.